The van der Waals surface area contributed by atoms with Crippen LogP contribution in [-0.2, 0) is 9.53 Å². The molecule has 0 aliphatic carbocycles. The predicted molar refractivity (Wildman–Crippen MR) is 89.2 cm³/mol. The van der Waals surface area contributed by atoms with E-state index in [1.165, 1.54) is 11.3 Å². The first kappa shape index (κ1) is 16.7. The summed E-state index contributed by atoms with van der Waals surface area (Å²) in [4.78, 5) is 26.9. The number of thiophene rings is 1. The van der Waals surface area contributed by atoms with Gasteiger partial charge in [0.15, 0.2) is 0 Å². The number of aryl methyl sites for hydroxylation is 1. The molecular formula is C17H19NO5S. The molecule has 3 heterocycles. The molecule has 0 aromatic carbocycles. The normalized spacial score (nSPS) is 20.5. The van der Waals surface area contributed by atoms with Gasteiger partial charge in [-0.1, -0.05) is 0 Å². The van der Waals surface area contributed by atoms with Gasteiger partial charge in [-0.25, -0.2) is 0 Å². The molecule has 0 saturated carbocycles. The Balaban J connectivity index is 1.79. The molecule has 1 aliphatic heterocycles. The van der Waals surface area contributed by atoms with Crippen LogP contribution in [0.25, 0.3) is 10.6 Å². The van der Waals surface area contributed by atoms with Crippen LogP contribution in [0, 0.1) is 6.92 Å². The van der Waals surface area contributed by atoms with E-state index in [-0.39, 0.29) is 24.5 Å². The van der Waals surface area contributed by atoms with Gasteiger partial charge in [-0.2, -0.15) is 0 Å². The summed E-state index contributed by atoms with van der Waals surface area (Å²) in [5.41, 5.74) is 0. The molecule has 128 valence electrons. The van der Waals surface area contributed by atoms with E-state index in [0.717, 1.165) is 16.4 Å². The summed E-state index contributed by atoms with van der Waals surface area (Å²) in [5.74, 6) is 0.484. The standard InChI is InChI=1S/C17H19NO5S/c1-10-3-4-13(23-10)14-5-6-15(24-14)17(21)18-9-12(22-2)7-11(18)8-16(19)20/h3-6,11-12H,7-9H2,1-2H3,(H,19,20). The molecule has 1 saturated heterocycles. The van der Waals surface area contributed by atoms with Crippen molar-refractivity contribution in [2.24, 2.45) is 0 Å². The molecule has 1 N–H and O–H groups in total. The second-order valence-electron chi connectivity index (χ2n) is 5.88. The minimum Gasteiger partial charge on any atom is -0.481 e. The third-order valence-electron chi connectivity index (χ3n) is 4.18. The van der Waals surface area contributed by atoms with Gasteiger partial charge in [-0.3, -0.25) is 9.59 Å². The molecule has 2 aromatic rings. The maximum absolute atomic E-state index is 12.8. The van der Waals surface area contributed by atoms with Crippen LogP contribution in [0.5, 0.6) is 0 Å². The summed E-state index contributed by atoms with van der Waals surface area (Å²) >= 11 is 1.35. The Labute approximate surface area is 143 Å². The van der Waals surface area contributed by atoms with Crippen LogP contribution in [0.2, 0.25) is 0 Å². The highest BCUT2D eigenvalue weighted by atomic mass is 32.1. The van der Waals surface area contributed by atoms with Crippen molar-refractivity contribution in [1.82, 2.24) is 4.90 Å². The largest absolute Gasteiger partial charge is 0.481 e. The Morgan fingerprint density at radius 3 is 2.79 bits per heavy atom. The fourth-order valence-corrected chi connectivity index (χ4v) is 3.91. The number of carbonyl (C=O) groups excluding carboxylic acids is 1. The Morgan fingerprint density at radius 1 is 1.38 bits per heavy atom. The van der Waals surface area contributed by atoms with E-state index < -0.39 is 5.97 Å². The van der Waals surface area contributed by atoms with Crippen LogP contribution in [-0.4, -0.2) is 47.7 Å². The summed E-state index contributed by atoms with van der Waals surface area (Å²) in [5, 5.41) is 9.07. The van der Waals surface area contributed by atoms with Crippen LogP contribution < -0.4 is 0 Å². The molecule has 24 heavy (non-hydrogen) atoms. The van der Waals surface area contributed by atoms with E-state index in [1.54, 1.807) is 18.1 Å². The summed E-state index contributed by atoms with van der Waals surface area (Å²) in [6.07, 6.45) is 0.358. The zero-order valence-electron chi connectivity index (χ0n) is 13.5. The van der Waals surface area contributed by atoms with Crippen LogP contribution in [0.1, 0.15) is 28.3 Å². The van der Waals surface area contributed by atoms with Gasteiger partial charge < -0.3 is 19.2 Å². The van der Waals surface area contributed by atoms with Crippen molar-refractivity contribution in [2.45, 2.75) is 31.9 Å². The number of nitrogens with zero attached hydrogens (tertiary/aromatic N) is 1. The molecule has 1 fully saturated rings. The highest BCUT2D eigenvalue weighted by Gasteiger charge is 2.37. The Morgan fingerprint density at radius 2 is 2.17 bits per heavy atom. The highest BCUT2D eigenvalue weighted by Crippen LogP contribution is 2.32. The summed E-state index contributed by atoms with van der Waals surface area (Å²) in [7, 11) is 1.58. The lowest BCUT2D eigenvalue weighted by Crippen LogP contribution is -2.36. The van der Waals surface area contributed by atoms with Crippen molar-refractivity contribution < 1.29 is 23.8 Å². The minimum atomic E-state index is -0.910. The lowest BCUT2D eigenvalue weighted by molar-refractivity contribution is -0.137. The molecular weight excluding hydrogens is 330 g/mol. The van der Waals surface area contributed by atoms with Crippen LogP contribution in [0.15, 0.2) is 28.7 Å². The van der Waals surface area contributed by atoms with Gasteiger partial charge >= 0.3 is 5.97 Å². The topological polar surface area (TPSA) is 80.0 Å². The van der Waals surface area contributed by atoms with Crippen LogP contribution >= 0.6 is 11.3 Å². The average molecular weight is 349 g/mol. The molecule has 0 bridgehead atoms. The van der Waals surface area contributed by atoms with Crippen molar-refractivity contribution in [3.05, 3.63) is 34.9 Å². The van der Waals surface area contributed by atoms with Crippen molar-refractivity contribution in [3.63, 3.8) is 0 Å². The Hall–Kier alpha value is -2.12. The molecule has 2 unspecified atom stereocenters. The second kappa shape index (κ2) is 6.78. The number of hydrogen-bond donors (Lipinski definition) is 1. The number of aliphatic carboxylic acids is 1. The lowest BCUT2D eigenvalue weighted by atomic mass is 10.1. The number of likely N-dealkylation sites (tertiary alicyclic amines) is 1. The van der Waals surface area contributed by atoms with Crippen LogP contribution in [0.4, 0.5) is 0 Å². The average Bonchev–Trinajstić information content (AvgIpc) is 3.24. The molecule has 1 amide bonds. The van der Waals surface area contributed by atoms with Gasteiger partial charge in [-0.15, -0.1) is 11.3 Å². The zero-order chi connectivity index (χ0) is 17.3. The molecule has 0 radical (unpaired) electrons. The van der Waals surface area contributed by atoms with E-state index in [4.69, 9.17) is 14.3 Å². The monoisotopic (exact) mass is 349 g/mol. The van der Waals surface area contributed by atoms with Gasteiger partial charge in [-0.05, 0) is 37.6 Å². The summed E-state index contributed by atoms with van der Waals surface area (Å²) < 4.78 is 10.9. The first-order valence-corrected chi connectivity index (χ1v) is 8.51. The molecule has 7 heteroatoms. The number of amides is 1. The molecule has 6 nitrogen and oxygen atoms in total. The van der Waals surface area contributed by atoms with Crippen LogP contribution in [0.3, 0.4) is 0 Å². The number of methoxy groups -OCH3 is 1. The van der Waals surface area contributed by atoms with Gasteiger partial charge in [0.2, 0.25) is 0 Å². The molecule has 2 atom stereocenters. The zero-order valence-corrected chi connectivity index (χ0v) is 14.3. The number of hydrogen-bond acceptors (Lipinski definition) is 5. The molecule has 0 spiro atoms. The van der Waals surface area contributed by atoms with E-state index in [9.17, 15) is 9.59 Å². The smallest absolute Gasteiger partial charge is 0.305 e. The van der Waals surface area contributed by atoms with E-state index in [2.05, 4.69) is 0 Å². The fourth-order valence-electron chi connectivity index (χ4n) is 2.98. The lowest BCUT2D eigenvalue weighted by Gasteiger charge is -2.22. The van der Waals surface area contributed by atoms with Gasteiger partial charge in [0.05, 0.1) is 22.3 Å². The Bertz CT molecular complexity index is 750. The number of furan rings is 1. The highest BCUT2D eigenvalue weighted by molar-refractivity contribution is 7.17. The Kier molecular flexibility index (Phi) is 4.73. The first-order valence-electron chi connectivity index (χ1n) is 7.70. The number of carboxylic acids is 1. The third-order valence-corrected chi connectivity index (χ3v) is 5.27. The quantitative estimate of drug-likeness (QED) is 0.897. The molecule has 3 rings (SSSR count). The third kappa shape index (κ3) is 3.37. The van der Waals surface area contributed by atoms with Gasteiger partial charge in [0, 0.05) is 19.7 Å². The van der Waals surface area contributed by atoms with Crippen molar-refractivity contribution in [2.75, 3.05) is 13.7 Å². The number of carbonyl (C=O) groups is 2. The van der Waals surface area contributed by atoms with E-state index in [1.807, 2.05) is 25.1 Å². The summed E-state index contributed by atoms with van der Waals surface area (Å²) in [6.45, 7) is 2.29. The molecule has 2 aromatic heterocycles. The maximum atomic E-state index is 12.8. The van der Waals surface area contributed by atoms with Crippen molar-refractivity contribution >= 4 is 23.2 Å². The number of rotatable bonds is 5. The van der Waals surface area contributed by atoms with E-state index >= 15 is 0 Å². The maximum Gasteiger partial charge on any atom is 0.305 e. The van der Waals surface area contributed by atoms with Crippen molar-refractivity contribution in [3.8, 4) is 10.6 Å². The van der Waals surface area contributed by atoms with Crippen molar-refractivity contribution in [1.29, 1.82) is 0 Å². The number of carboxylic acid groups (broad SMARTS) is 1. The minimum absolute atomic E-state index is 0.0682. The van der Waals surface area contributed by atoms with Gasteiger partial charge in [0.25, 0.3) is 5.91 Å². The number of ether oxygens (including phenoxy) is 1. The predicted octanol–water partition coefficient (Wildman–Crippen LogP) is 3.02. The van der Waals surface area contributed by atoms with E-state index in [0.29, 0.717) is 17.8 Å². The summed E-state index contributed by atoms with van der Waals surface area (Å²) in [6, 6.07) is 7.03. The first-order chi connectivity index (χ1) is 11.5. The fraction of sp³-hybridized carbons (Fsp3) is 0.412. The van der Waals surface area contributed by atoms with Gasteiger partial charge in [0.1, 0.15) is 11.5 Å². The SMILES string of the molecule is COC1CC(CC(=O)O)N(C(=O)c2ccc(-c3ccc(C)o3)s2)C1. The molecule has 1 aliphatic rings. The second-order valence-corrected chi connectivity index (χ2v) is 6.96.